The highest BCUT2D eigenvalue weighted by Gasteiger charge is 2.62. The Labute approximate surface area is 666 Å². The predicted molar refractivity (Wildman–Crippen MR) is 409 cm³/mol. The number of aromatic amines is 3. The van der Waals surface area contributed by atoms with Crippen LogP contribution in [0.25, 0.3) is 0 Å². The standard InChI is InChI=1S/3C24H31ClFN2O9P/c3*1-14(2)34-21(31)15(3)12-38(33,37-17-8-6-5-7-9-17)36-16(4)19-20(30)24(25,13-26)22(35-19)28-11-10-18(29)27-23(28)32/h3*5-11,14-16,19-20,22,30H,12-13H2,1-4H3,(H,27,29,32)/t15-,16+,19-,20+,22-,24?,38?;15-,16+,19-,20+,22-,24?,38+;15-,16+,19-,20+,22-,24?,38-/m111/s1. The highest BCUT2D eigenvalue weighted by Crippen LogP contribution is 2.57. The first-order valence-electron chi connectivity index (χ1n) is 35.8. The van der Waals surface area contributed by atoms with Gasteiger partial charge in [0.2, 0.25) is 0 Å². The molecule has 6 heterocycles. The predicted octanol–water partition coefficient (Wildman–Crippen LogP) is 9.02. The van der Waals surface area contributed by atoms with Gasteiger partial charge in [0.25, 0.3) is 16.7 Å². The fraction of sp³-hybridized carbons (Fsp3) is 0.542. The molecule has 6 aromatic rings. The van der Waals surface area contributed by atoms with Gasteiger partial charge in [0.05, 0.1) is 72.9 Å². The fourth-order valence-corrected chi connectivity index (χ4v) is 19.1. The highest BCUT2D eigenvalue weighted by atomic mass is 35.5. The number of para-hydroxylation sites is 3. The minimum atomic E-state index is -4.13. The molecule has 3 saturated heterocycles. The van der Waals surface area contributed by atoms with E-state index in [0.717, 1.165) is 50.5 Å². The number of aliphatic hydroxyl groups is 3. The van der Waals surface area contributed by atoms with Gasteiger partial charge in [-0.25, -0.2) is 41.3 Å². The Hall–Kier alpha value is -7.50. The summed E-state index contributed by atoms with van der Waals surface area (Å²) in [5.41, 5.74) is -4.87. The number of nitrogens with zero attached hydrogens (tertiary/aromatic N) is 3. The number of aromatic nitrogens is 6. The van der Waals surface area contributed by atoms with Crippen LogP contribution in [0.1, 0.15) is 102 Å². The summed E-state index contributed by atoms with van der Waals surface area (Å²) in [5.74, 6) is -3.90. The molecule has 0 radical (unpaired) electrons. The third-order valence-corrected chi connectivity index (χ3v) is 25.5. The Bertz CT molecular complexity index is 4280. The van der Waals surface area contributed by atoms with Crippen molar-refractivity contribution in [2.24, 2.45) is 17.8 Å². The molecule has 0 aliphatic carbocycles. The molecule has 0 spiro atoms. The molecule has 9 rings (SSSR count). The Morgan fingerprint density at radius 3 is 0.825 bits per heavy atom. The number of carbonyl (C=O) groups excluding carboxylic acids is 3. The Morgan fingerprint density at radius 1 is 0.412 bits per heavy atom. The highest BCUT2D eigenvalue weighted by molar-refractivity contribution is 7.55. The van der Waals surface area contributed by atoms with Gasteiger partial charge in [0.1, 0.15) is 88.5 Å². The minimum Gasteiger partial charge on any atom is -0.463 e. The minimum absolute atomic E-state index is 0.202. The van der Waals surface area contributed by atoms with Crippen molar-refractivity contribution in [1.29, 1.82) is 0 Å². The topological polar surface area (TPSA) is 438 Å². The van der Waals surface area contributed by atoms with Crippen LogP contribution in [-0.4, -0.2) is 188 Å². The van der Waals surface area contributed by atoms with Crippen LogP contribution in [0.5, 0.6) is 17.2 Å². The number of nitrogens with one attached hydrogen (secondary N) is 3. The van der Waals surface area contributed by atoms with E-state index < -0.39 is 219 Å². The molecule has 21 atom stereocenters. The fourth-order valence-electron chi connectivity index (χ4n) is 12.0. The smallest absolute Gasteiger partial charge is 0.380 e. The van der Waals surface area contributed by atoms with Crippen LogP contribution >= 0.6 is 57.6 Å². The number of benzene rings is 3. The molecule has 0 bridgehead atoms. The maximum Gasteiger partial charge on any atom is 0.380 e. The molecule has 3 aliphatic rings. The van der Waals surface area contributed by atoms with Crippen molar-refractivity contribution in [1.82, 2.24) is 28.7 Å². The van der Waals surface area contributed by atoms with Crippen LogP contribution in [0.2, 0.25) is 0 Å². The Morgan fingerprint density at radius 2 is 0.632 bits per heavy atom. The van der Waals surface area contributed by atoms with Crippen molar-refractivity contribution in [3.05, 3.63) is 190 Å². The summed E-state index contributed by atoms with van der Waals surface area (Å²) in [6.45, 7) is 14.8. The number of aliphatic hydroxyl groups excluding tert-OH is 3. The van der Waals surface area contributed by atoms with Crippen molar-refractivity contribution in [2.75, 3.05) is 38.5 Å². The molecule has 114 heavy (non-hydrogen) atoms. The Balaban J connectivity index is 0.000000237. The molecule has 0 amide bonds. The third kappa shape index (κ3) is 23.7. The SMILES string of the molecule is CC(C)OC(=O)[C@H](C)CP(=O)(Oc1ccccc1)O[C@@H](C)[C@H]1O[C@@H](n2ccc(=O)[nH]c2=O)C(Cl)(CF)[C@H]1O.CC(C)OC(=O)[C@H](C)C[P@@](=O)(Oc1ccccc1)O[C@@H](C)[C@H]1O[C@@H](n2ccc(=O)[nH]c2=O)C(Cl)(CF)[C@H]1O.CC(C)OC(=O)[C@H](C)C[P@](=O)(Oc1ccccc1)O[C@@H](C)[C@H]1O[C@@H](n2ccc(=O)[nH]c2=O)C(Cl)(CF)[C@H]1O. The molecular formula is C72H93Cl3F3N6O27P3. The summed E-state index contributed by atoms with van der Waals surface area (Å²) >= 11 is 19.2. The zero-order valence-corrected chi connectivity index (χ0v) is 68.8. The molecule has 42 heteroatoms. The number of halogens is 6. The zero-order chi connectivity index (χ0) is 84.8. The normalized spacial score (nSPS) is 26.5. The lowest BCUT2D eigenvalue weighted by Crippen LogP contribution is -2.47. The number of hydrogen-bond acceptors (Lipinski definition) is 27. The van der Waals surface area contributed by atoms with Crippen LogP contribution in [0.15, 0.2) is 157 Å². The van der Waals surface area contributed by atoms with Gasteiger partial charge in [-0.05, 0) is 98.7 Å². The maximum atomic E-state index is 14.2. The van der Waals surface area contributed by atoms with Crippen molar-refractivity contribution < 1.29 is 112 Å². The number of ether oxygens (including phenoxy) is 6. The lowest BCUT2D eigenvalue weighted by molar-refractivity contribution is -0.152. The molecule has 3 fully saturated rings. The van der Waals surface area contributed by atoms with Crippen molar-refractivity contribution in [3.63, 3.8) is 0 Å². The molecule has 6 N–H and O–H groups in total. The van der Waals surface area contributed by atoms with E-state index in [2.05, 4.69) is 0 Å². The molecule has 0 saturated carbocycles. The first-order valence-corrected chi connectivity index (χ1v) is 42.1. The number of alkyl halides is 6. The van der Waals surface area contributed by atoms with Crippen molar-refractivity contribution >= 4 is 75.5 Å². The molecule has 3 aliphatic heterocycles. The summed E-state index contributed by atoms with van der Waals surface area (Å²) in [5, 5.41) is 32.8. The van der Waals surface area contributed by atoms with Crippen LogP contribution in [0, 0.1) is 17.8 Å². The second kappa shape index (κ2) is 40.1. The van der Waals surface area contributed by atoms with Gasteiger partial charge < -0.3 is 57.3 Å². The summed E-state index contributed by atoms with van der Waals surface area (Å²) in [6, 6.07) is 27.4. The second-order valence-electron chi connectivity index (χ2n) is 28.1. The molecule has 4 unspecified atom stereocenters. The van der Waals surface area contributed by atoms with Gasteiger partial charge in [-0.3, -0.25) is 71.0 Å². The monoisotopic (exact) mass is 1730 g/mol. The quantitative estimate of drug-likeness (QED) is 0.00967. The van der Waals surface area contributed by atoms with Crippen LogP contribution < -0.4 is 47.3 Å². The number of rotatable bonds is 33. The van der Waals surface area contributed by atoms with Gasteiger partial charge >= 0.3 is 57.8 Å². The largest absolute Gasteiger partial charge is 0.463 e. The summed E-state index contributed by atoms with van der Waals surface area (Å²) in [4.78, 5) is 108. The van der Waals surface area contributed by atoms with E-state index in [4.69, 9.17) is 90.4 Å². The first-order chi connectivity index (χ1) is 53.4. The zero-order valence-electron chi connectivity index (χ0n) is 63.8. The Kier molecular flexibility index (Phi) is 32.9. The molecule has 630 valence electrons. The average molecular weight is 1730 g/mol. The summed E-state index contributed by atoms with van der Waals surface area (Å²) in [7, 11) is -12.4. The van der Waals surface area contributed by atoms with E-state index in [9.17, 15) is 85.3 Å². The van der Waals surface area contributed by atoms with E-state index >= 15 is 0 Å². The van der Waals surface area contributed by atoms with Gasteiger partial charge in [-0.15, -0.1) is 34.8 Å². The maximum absolute atomic E-state index is 14.2. The number of esters is 3. The van der Waals surface area contributed by atoms with Crippen LogP contribution in [-0.2, 0) is 70.1 Å². The van der Waals surface area contributed by atoms with Crippen molar-refractivity contribution in [3.8, 4) is 17.2 Å². The van der Waals surface area contributed by atoms with Gasteiger partial charge in [0.15, 0.2) is 18.7 Å². The van der Waals surface area contributed by atoms with Gasteiger partial charge in [-0.1, -0.05) is 75.4 Å². The van der Waals surface area contributed by atoms with Crippen molar-refractivity contribution in [2.45, 2.75) is 190 Å². The molecule has 33 nitrogen and oxygen atoms in total. The van der Waals surface area contributed by atoms with E-state index in [1.807, 2.05) is 15.0 Å². The summed E-state index contributed by atoms with van der Waals surface area (Å²) in [6.07, 6.45) is -16.8. The van der Waals surface area contributed by atoms with Gasteiger partial charge in [-0.2, -0.15) is 0 Å². The molecule has 3 aromatic heterocycles. The van der Waals surface area contributed by atoms with Gasteiger partial charge in [0, 0.05) is 36.8 Å². The van der Waals surface area contributed by atoms with E-state index in [0.29, 0.717) is 0 Å². The summed E-state index contributed by atoms with van der Waals surface area (Å²) < 4.78 is 154. The lowest BCUT2D eigenvalue weighted by Gasteiger charge is -2.29. The number of carbonyl (C=O) groups is 3. The van der Waals surface area contributed by atoms with Crippen LogP contribution in [0.4, 0.5) is 13.2 Å². The molecular weight excluding hydrogens is 1640 g/mol. The average Bonchev–Trinajstić information content (AvgIpc) is 1.61. The number of hydrogen-bond donors (Lipinski definition) is 6. The molecule has 3 aromatic carbocycles. The third-order valence-electron chi connectivity index (χ3n) is 17.5. The lowest BCUT2D eigenvalue weighted by atomic mass is 9.97. The number of H-pyrrole nitrogens is 3. The van der Waals surface area contributed by atoms with E-state index in [1.54, 1.807) is 133 Å². The van der Waals surface area contributed by atoms with E-state index in [-0.39, 0.29) is 35.7 Å². The first kappa shape index (κ1) is 93.7. The second-order valence-corrected chi connectivity index (χ2v) is 36.2. The van der Waals surface area contributed by atoms with Crippen LogP contribution in [0.3, 0.4) is 0 Å². The van der Waals surface area contributed by atoms with E-state index in [1.165, 1.54) is 41.5 Å².